The molecule has 2 fully saturated rings. The number of nitrogens with zero attached hydrogens (tertiary/aromatic N) is 2. The zero-order chi connectivity index (χ0) is 23.1. The second-order valence-corrected chi connectivity index (χ2v) is 10.1. The van der Waals surface area contributed by atoms with Crippen molar-refractivity contribution in [3.05, 3.63) is 70.4 Å². The lowest BCUT2D eigenvalue weighted by molar-refractivity contribution is 0.0684. The van der Waals surface area contributed by atoms with Crippen molar-refractivity contribution >= 4 is 23.2 Å². The van der Waals surface area contributed by atoms with E-state index in [4.69, 9.17) is 4.74 Å². The number of aryl methyl sites for hydroxylation is 2. The van der Waals surface area contributed by atoms with Gasteiger partial charge in [0.2, 0.25) is 0 Å². The largest absolute Gasteiger partial charge is 0.496 e. The Kier molecular flexibility index (Phi) is 5.66. The molecule has 3 atom stereocenters. The first-order valence-electron chi connectivity index (χ1n) is 11.2. The minimum atomic E-state index is -0.189. The first-order chi connectivity index (χ1) is 16.0. The average Bonchev–Trinajstić information content (AvgIpc) is 3.30. The number of piperidine rings is 1. The van der Waals surface area contributed by atoms with Crippen LogP contribution in [-0.2, 0) is 0 Å². The Morgan fingerprint density at radius 2 is 1.97 bits per heavy atom. The summed E-state index contributed by atoms with van der Waals surface area (Å²) in [4.78, 5) is 34.1. The Balaban J connectivity index is 1.36. The van der Waals surface area contributed by atoms with E-state index in [-0.39, 0.29) is 23.9 Å². The summed E-state index contributed by atoms with van der Waals surface area (Å²) in [5, 5.41) is 3.90. The normalized spacial score (nSPS) is 20.9. The number of carbonyl (C=O) groups excluding carboxylic acids is 2. The number of fused-ring (bicyclic) bond motifs is 1. The molecule has 0 bridgehead atoms. The van der Waals surface area contributed by atoms with Gasteiger partial charge in [0.05, 0.1) is 28.6 Å². The van der Waals surface area contributed by atoms with E-state index in [1.54, 1.807) is 30.6 Å². The minimum Gasteiger partial charge on any atom is -0.496 e. The van der Waals surface area contributed by atoms with Crippen LogP contribution in [0.1, 0.15) is 44.3 Å². The Morgan fingerprint density at radius 3 is 2.76 bits per heavy atom. The molecule has 3 aromatic rings. The van der Waals surface area contributed by atoms with Crippen molar-refractivity contribution in [2.45, 2.75) is 38.8 Å². The molecule has 6 nitrogen and oxygen atoms in total. The van der Waals surface area contributed by atoms with E-state index < -0.39 is 0 Å². The molecule has 2 aromatic carbocycles. The first kappa shape index (κ1) is 21.6. The number of thiazole rings is 1. The molecule has 5 rings (SSSR count). The monoisotopic (exact) mass is 461 g/mol. The van der Waals surface area contributed by atoms with Crippen LogP contribution in [0.5, 0.6) is 5.75 Å². The number of nitrogens with one attached hydrogen (secondary N) is 1. The summed E-state index contributed by atoms with van der Waals surface area (Å²) < 4.78 is 5.31. The molecule has 1 aliphatic heterocycles. The van der Waals surface area contributed by atoms with Gasteiger partial charge in [0.1, 0.15) is 11.4 Å². The zero-order valence-electron chi connectivity index (χ0n) is 19.0. The van der Waals surface area contributed by atoms with Gasteiger partial charge in [-0.3, -0.25) is 9.59 Å². The fourth-order valence-electron chi connectivity index (χ4n) is 4.87. The summed E-state index contributed by atoms with van der Waals surface area (Å²) in [7, 11) is 1.55. The second-order valence-electron chi connectivity index (χ2n) is 8.86. The minimum absolute atomic E-state index is 0.0302. The van der Waals surface area contributed by atoms with Crippen LogP contribution >= 0.6 is 11.3 Å². The number of methoxy groups -OCH3 is 1. The molecule has 33 heavy (non-hydrogen) atoms. The Hall–Kier alpha value is -3.19. The topological polar surface area (TPSA) is 71.5 Å². The smallest absolute Gasteiger partial charge is 0.274 e. The Bertz CT molecular complexity index is 1220. The number of rotatable bonds is 6. The zero-order valence-corrected chi connectivity index (χ0v) is 19.8. The first-order valence-corrected chi connectivity index (χ1v) is 12.1. The summed E-state index contributed by atoms with van der Waals surface area (Å²) in [6.07, 6.45) is 1.94. The lowest BCUT2D eigenvalue weighted by Gasteiger charge is -2.27. The van der Waals surface area contributed by atoms with Gasteiger partial charge in [-0.15, -0.1) is 11.3 Å². The molecule has 170 valence electrons. The van der Waals surface area contributed by atoms with Crippen molar-refractivity contribution in [2.75, 3.05) is 13.7 Å². The van der Waals surface area contributed by atoms with E-state index in [1.165, 1.54) is 0 Å². The van der Waals surface area contributed by atoms with E-state index in [0.717, 1.165) is 33.9 Å². The van der Waals surface area contributed by atoms with E-state index in [1.807, 2.05) is 36.1 Å². The molecule has 1 aromatic heterocycles. The number of likely N-dealkylation sites (tertiary alicyclic amines) is 1. The molecule has 2 amide bonds. The lowest BCUT2D eigenvalue weighted by atomic mass is 10.1. The van der Waals surface area contributed by atoms with Crippen LogP contribution < -0.4 is 10.1 Å². The summed E-state index contributed by atoms with van der Waals surface area (Å²) in [5.74, 6) is 0.838. The van der Waals surface area contributed by atoms with Gasteiger partial charge in [-0.2, -0.15) is 0 Å². The van der Waals surface area contributed by atoms with E-state index in [2.05, 4.69) is 29.4 Å². The molecule has 1 saturated heterocycles. The number of carbonyl (C=O) groups is 2. The third-order valence-electron chi connectivity index (χ3n) is 6.51. The number of benzene rings is 2. The molecular formula is C26H27N3O3S. The van der Waals surface area contributed by atoms with Crippen molar-refractivity contribution in [3.8, 4) is 16.2 Å². The Morgan fingerprint density at radius 1 is 1.15 bits per heavy atom. The molecule has 2 heterocycles. The summed E-state index contributed by atoms with van der Waals surface area (Å²) in [6.45, 7) is 4.41. The van der Waals surface area contributed by atoms with Gasteiger partial charge < -0.3 is 15.0 Å². The van der Waals surface area contributed by atoms with Crippen LogP contribution in [0, 0.1) is 19.8 Å². The van der Waals surface area contributed by atoms with Crippen LogP contribution in [0.3, 0.4) is 0 Å². The average molecular weight is 462 g/mol. The lowest BCUT2D eigenvalue weighted by Crippen LogP contribution is -2.45. The molecule has 1 aliphatic carbocycles. The highest BCUT2D eigenvalue weighted by atomic mass is 32.1. The standard InChI is InChI=1S/C26H27N3O3S/c1-15-7-6-8-17(11-15)24-23(28-16(2)33-24)26(31)29-19(12-18-13-21(18)29)14-27-25(30)20-9-4-5-10-22(20)32-3/h4-11,18-19,21H,12-14H2,1-3H3,(H,27,30)/t18-,19+,21?/m1/s1. The number of aromatic nitrogens is 1. The fourth-order valence-corrected chi connectivity index (χ4v) is 5.78. The molecule has 0 radical (unpaired) electrons. The van der Waals surface area contributed by atoms with Gasteiger partial charge in [0.25, 0.3) is 11.8 Å². The highest BCUT2D eigenvalue weighted by Crippen LogP contribution is 2.48. The third-order valence-corrected chi connectivity index (χ3v) is 7.53. The summed E-state index contributed by atoms with van der Waals surface area (Å²) in [5.41, 5.74) is 3.20. The molecule has 1 N–H and O–H groups in total. The van der Waals surface area contributed by atoms with Crippen LogP contribution in [0.25, 0.3) is 10.4 Å². The van der Waals surface area contributed by atoms with Gasteiger partial charge in [-0.1, -0.05) is 42.0 Å². The van der Waals surface area contributed by atoms with Crippen molar-refractivity contribution in [1.29, 1.82) is 0 Å². The van der Waals surface area contributed by atoms with Gasteiger partial charge in [-0.05, 0) is 50.3 Å². The quantitative estimate of drug-likeness (QED) is 0.588. The number of hydrogen-bond donors (Lipinski definition) is 1. The second kappa shape index (κ2) is 8.63. The summed E-state index contributed by atoms with van der Waals surface area (Å²) in [6, 6.07) is 15.6. The number of para-hydroxylation sites is 1. The molecule has 0 spiro atoms. The molecule has 7 heteroatoms. The van der Waals surface area contributed by atoms with Gasteiger partial charge in [-0.25, -0.2) is 4.98 Å². The van der Waals surface area contributed by atoms with Crippen LogP contribution in [0.2, 0.25) is 0 Å². The highest BCUT2D eigenvalue weighted by molar-refractivity contribution is 7.15. The predicted molar refractivity (Wildman–Crippen MR) is 129 cm³/mol. The van der Waals surface area contributed by atoms with Crippen LogP contribution in [0.4, 0.5) is 0 Å². The van der Waals surface area contributed by atoms with Gasteiger partial charge in [0.15, 0.2) is 0 Å². The molecule has 2 aliphatic rings. The number of ether oxygens (including phenoxy) is 1. The summed E-state index contributed by atoms with van der Waals surface area (Å²) >= 11 is 1.56. The fraction of sp³-hybridized carbons (Fsp3) is 0.346. The van der Waals surface area contributed by atoms with Crippen molar-refractivity contribution in [2.24, 2.45) is 5.92 Å². The van der Waals surface area contributed by atoms with E-state index in [9.17, 15) is 9.59 Å². The number of amides is 2. The van der Waals surface area contributed by atoms with Crippen molar-refractivity contribution in [3.63, 3.8) is 0 Å². The van der Waals surface area contributed by atoms with E-state index in [0.29, 0.717) is 29.5 Å². The van der Waals surface area contributed by atoms with Crippen LogP contribution in [0.15, 0.2) is 48.5 Å². The molecule has 1 saturated carbocycles. The third kappa shape index (κ3) is 4.13. The van der Waals surface area contributed by atoms with Crippen LogP contribution in [-0.4, -0.2) is 47.4 Å². The number of hydrogen-bond acceptors (Lipinski definition) is 5. The maximum absolute atomic E-state index is 13.7. The van der Waals surface area contributed by atoms with E-state index >= 15 is 0 Å². The molecular weight excluding hydrogens is 434 g/mol. The predicted octanol–water partition coefficient (Wildman–Crippen LogP) is 4.47. The van der Waals surface area contributed by atoms with Gasteiger partial charge in [0, 0.05) is 12.6 Å². The Labute approximate surface area is 197 Å². The maximum Gasteiger partial charge on any atom is 0.274 e. The SMILES string of the molecule is COc1ccccc1C(=O)NC[C@@H]1C[C@@H]2CC2N1C(=O)c1nc(C)sc1-c1cccc(C)c1. The highest BCUT2D eigenvalue weighted by Gasteiger charge is 2.54. The van der Waals surface area contributed by atoms with Crippen molar-refractivity contribution < 1.29 is 14.3 Å². The van der Waals surface area contributed by atoms with Gasteiger partial charge >= 0.3 is 0 Å². The molecule has 1 unspecified atom stereocenters. The maximum atomic E-state index is 13.7. The van der Waals surface area contributed by atoms with Crippen molar-refractivity contribution in [1.82, 2.24) is 15.2 Å².